The largest absolute Gasteiger partial charge is 0.335 e. The maximum atomic E-state index is 12.0. The number of thiophene rings is 1. The van der Waals surface area contributed by atoms with Crippen molar-refractivity contribution < 1.29 is 4.79 Å². The van der Waals surface area contributed by atoms with Gasteiger partial charge in [-0.15, -0.1) is 17.8 Å². The number of hydrogen-bond acceptors (Lipinski definition) is 2. The van der Waals surface area contributed by atoms with Gasteiger partial charge >= 0.3 is 0 Å². The molecule has 0 saturated heterocycles. The van der Waals surface area contributed by atoms with Gasteiger partial charge in [0.1, 0.15) is 10.4 Å². The van der Waals surface area contributed by atoms with E-state index in [9.17, 15) is 4.79 Å². The molecule has 0 aliphatic carbocycles. The first-order valence-electron chi connectivity index (χ1n) is 5.11. The average Bonchev–Trinajstić information content (AvgIpc) is 2.72. The van der Waals surface area contributed by atoms with Crippen LogP contribution in [0.3, 0.4) is 0 Å². The molecule has 1 heterocycles. The van der Waals surface area contributed by atoms with E-state index in [0.717, 1.165) is 17.3 Å². The Balaban J connectivity index is 2.86. The summed E-state index contributed by atoms with van der Waals surface area (Å²) in [6, 6.07) is 1.86. The van der Waals surface area contributed by atoms with Gasteiger partial charge < -0.3 is 5.32 Å². The molecule has 1 amide bonds. The van der Waals surface area contributed by atoms with E-state index in [1.54, 1.807) is 0 Å². The second-order valence-electron chi connectivity index (χ2n) is 3.49. The molecule has 1 aromatic heterocycles. The van der Waals surface area contributed by atoms with Crippen LogP contribution in [0.4, 0.5) is 0 Å². The van der Waals surface area contributed by atoms with Gasteiger partial charge in [-0.25, -0.2) is 0 Å². The molecule has 1 rings (SSSR count). The van der Waals surface area contributed by atoms with Crippen molar-refractivity contribution in [2.24, 2.45) is 0 Å². The van der Waals surface area contributed by atoms with Crippen LogP contribution in [0.2, 0.25) is 0 Å². The zero-order valence-electron chi connectivity index (χ0n) is 9.34. The molecule has 0 saturated carbocycles. The smallest absolute Gasteiger partial charge is 0.263 e. The Morgan fingerprint density at radius 1 is 1.62 bits per heavy atom. The molecule has 0 spiro atoms. The number of halogens is 1. The summed E-state index contributed by atoms with van der Waals surface area (Å²) in [7, 11) is 0. The summed E-state index contributed by atoms with van der Waals surface area (Å²) < 4.78 is 0.813. The summed E-state index contributed by atoms with van der Waals surface area (Å²) in [5.74, 6) is 2.58. The van der Waals surface area contributed by atoms with Crippen LogP contribution in [0.5, 0.6) is 0 Å². The number of rotatable bonds is 4. The third-order valence-electron chi connectivity index (χ3n) is 2.66. The van der Waals surface area contributed by atoms with Crippen LogP contribution >= 0.6 is 27.3 Å². The average molecular weight is 300 g/mol. The third kappa shape index (κ3) is 2.66. The molecule has 0 aliphatic heterocycles. The number of carbonyl (C=O) groups excluding carboxylic acids is 1. The predicted octanol–water partition coefficient (Wildman–Crippen LogP) is 3.43. The second kappa shape index (κ2) is 5.51. The number of carbonyl (C=O) groups is 1. The summed E-state index contributed by atoms with van der Waals surface area (Å²) in [5, 5.41) is 4.80. The van der Waals surface area contributed by atoms with Crippen LogP contribution in [0.25, 0.3) is 0 Å². The Bertz CT molecular complexity index is 415. The summed E-state index contributed by atoms with van der Waals surface area (Å²) in [5.41, 5.74) is -0.527. The lowest BCUT2D eigenvalue weighted by Crippen LogP contribution is -2.46. The van der Waals surface area contributed by atoms with Gasteiger partial charge in [-0.2, -0.15) is 0 Å². The molecule has 4 heteroatoms. The molecular weight excluding hydrogens is 286 g/mol. The summed E-state index contributed by atoms with van der Waals surface area (Å²) in [6.07, 6.45) is 6.96. The van der Waals surface area contributed by atoms with Gasteiger partial charge in [0.2, 0.25) is 0 Å². The summed E-state index contributed by atoms with van der Waals surface area (Å²) in [4.78, 5) is 12.7. The quantitative estimate of drug-likeness (QED) is 0.848. The zero-order chi connectivity index (χ0) is 12.2. The molecule has 0 unspecified atom stereocenters. The zero-order valence-corrected chi connectivity index (χ0v) is 11.7. The maximum absolute atomic E-state index is 12.0. The highest BCUT2D eigenvalue weighted by Gasteiger charge is 2.26. The molecule has 0 aliphatic rings. The van der Waals surface area contributed by atoms with E-state index in [1.807, 2.05) is 25.3 Å². The van der Waals surface area contributed by atoms with Gasteiger partial charge in [-0.05, 0) is 40.2 Å². The number of hydrogen-bond donors (Lipinski definition) is 1. The fraction of sp³-hybridized carbons (Fsp3) is 0.417. The van der Waals surface area contributed by atoms with E-state index in [2.05, 4.69) is 27.2 Å². The van der Waals surface area contributed by atoms with E-state index in [1.165, 1.54) is 11.3 Å². The van der Waals surface area contributed by atoms with Crippen LogP contribution in [-0.4, -0.2) is 11.4 Å². The first-order valence-corrected chi connectivity index (χ1v) is 6.79. The Labute approximate surface area is 109 Å². The molecule has 0 radical (unpaired) electrons. The normalized spacial score (nSPS) is 10.9. The van der Waals surface area contributed by atoms with Crippen molar-refractivity contribution in [3.63, 3.8) is 0 Å². The van der Waals surface area contributed by atoms with Gasteiger partial charge in [-0.1, -0.05) is 19.8 Å². The van der Waals surface area contributed by atoms with Crippen molar-refractivity contribution in [3.8, 4) is 12.3 Å². The summed E-state index contributed by atoms with van der Waals surface area (Å²) >= 11 is 4.74. The lowest BCUT2D eigenvalue weighted by atomic mass is 9.94. The van der Waals surface area contributed by atoms with Crippen LogP contribution in [0.15, 0.2) is 15.9 Å². The second-order valence-corrected chi connectivity index (χ2v) is 5.26. The maximum Gasteiger partial charge on any atom is 0.263 e. The van der Waals surface area contributed by atoms with Crippen molar-refractivity contribution in [1.29, 1.82) is 0 Å². The lowest BCUT2D eigenvalue weighted by molar-refractivity contribution is 0.0920. The highest BCUT2D eigenvalue weighted by molar-refractivity contribution is 9.10. The van der Waals surface area contributed by atoms with Gasteiger partial charge in [0.15, 0.2) is 0 Å². The number of nitrogens with one attached hydrogen (secondary N) is 1. The molecule has 16 heavy (non-hydrogen) atoms. The Morgan fingerprint density at radius 3 is 2.62 bits per heavy atom. The van der Waals surface area contributed by atoms with E-state index < -0.39 is 5.54 Å². The van der Waals surface area contributed by atoms with Crippen molar-refractivity contribution >= 4 is 33.2 Å². The monoisotopic (exact) mass is 299 g/mol. The molecule has 2 nitrogen and oxygen atoms in total. The van der Waals surface area contributed by atoms with Crippen LogP contribution in [-0.2, 0) is 0 Å². The van der Waals surface area contributed by atoms with Crippen LogP contribution in [0.1, 0.15) is 36.4 Å². The Morgan fingerprint density at radius 2 is 2.25 bits per heavy atom. The van der Waals surface area contributed by atoms with E-state index in [-0.39, 0.29) is 5.91 Å². The predicted molar refractivity (Wildman–Crippen MR) is 71.6 cm³/mol. The van der Waals surface area contributed by atoms with Gasteiger partial charge in [0.05, 0.1) is 0 Å². The molecular formula is C12H14BrNOS. The fourth-order valence-corrected chi connectivity index (χ4v) is 2.84. The van der Waals surface area contributed by atoms with Gasteiger partial charge in [0, 0.05) is 4.47 Å². The Hall–Kier alpha value is -0.790. The molecule has 0 fully saturated rings. The first kappa shape index (κ1) is 13.3. The number of amides is 1. The Kier molecular flexibility index (Phi) is 4.57. The van der Waals surface area contributed by atoms with E-state index in [0.29, 0.717) is 4.88 Å². The third-order valence-corrected chi connectivity index (χ3v) is 4.50. The molecule has 1 aromatic rings. The summed E-state index contributed by atoms with van der Waals surface area (Å²) in [6.45, 7) is 3.96. The highest BCUT2D eigenvalue weighted by atomic mass is 79.9. The number of terminal acetylenes is 1. The molecule has 86 valence electrons. The van der Waals surface area contributed by atoms with E-state index in [4.69, 9.17) is 6.42 Å². The molecule has 0 bridgehead atoms. The fourth-order valence-electron chi connectivity index (χ4n) is 1.40. The highest BCUT2D eigenvalue weighted by Crippen LogP contribution is 2.24. The molecule has 1 N–H and O–H groups in total. The van der Waals surface area contributed by atoms with Crippen molar-refractivity contribution in [1.82, 2.24) is 5.32 Å². The standard InChI is InChI=1S/C12H14BrNOS/c1-4-12(5-2,6-3)14-11(15)10-9(13)7-8-16-10/h1,7-8H,5-6H2,2-3H3,(H,14,15). The molecule has 0 atom stereocenters. The topological polar surface area (TPSA) is 29.1 Å². The molecule has 0 aromatic carbocycles. The van der Waals surface area contributed by atoms with Crippen LogP contribution in [0, 0.1) is 12.3 Å². The van der Waals surface area contributed by atoms with Crippen molar-refractivity contribution in [3.05, 3.63) is 20.8 Å². The minimum Gasteiger partial charge on any atom is -0.335 e. The van der Waals surface area contributed by atoms with Crippen molar-refractivity contribution in [2.75, 3.05) is 0 Å². The minimum atomic E-state index is -0.527. The SMILES string of the molecule is C#CC(CC)(CC)NC(=O)c1sccc1Br. The van der Waals surface area contributed by atoms with Gasteiger partial charge in [-0.3, -0.25) is 4.79 Å². The van der Waals surface area contributed by atoms with Crippen LogP contribution < -0.4 is 5.32 Å². The van der Waals surface area contributed by atoms with Crippen molar-refractivity contribution in [2.45, 2.75) is 32.2 Å². The lowest BCUT2D eigenvalue weighted by Gasteiger charge is -2.26. The first-order chi connectivity index (χ1) is 7.58. The van der Waals surface area contributed by atoms with E-state index >= 15 is 0 Å². The van der Waals surface area contributed by atoms with Gasteiger partial charge in [0.25, 0.3) is 5.91 Å². The minimum absolute atomic E-state index is 0.108.